The Morgan fingerprint density at radius 3 is 2.60 bits per heavy atom. The van der Waals surface area contributed by atoms with Crippen molar-refractivity contribution in [3.8, 4) is 0 Å². The summed E-state index contributed by atoms with van der Waals surface area (Å²) in [5.41, 5.74) is 2.27. The van der Waals surface area contributed by atoms with Gasteiger partial charge in [-0.1, -0.05) is 30.7 Å². The first kappa shape index (κ1) is 18.7. The molecule has 0 N–H and O–H groups in total. The molecule has 3 rings (SSSR count). The number of rotatable bonds is 5. The largest absolute Gasteiger partial charge is 0.466 e. The molecule has 4 nitrogen and oxygen atoms in total. The van der Waals surface area contributed by atoms with E-state index in [9.17, 15) is 4.79 Å². The van der Waals surface area contributed by atoms with E-state index in [1.807, 2.05) is 19.9 Å². The predicted molar refractivity (Wildman–Crippen MR) is 96.8 cm³/mol. The van der Waals surface area contributed by atoms with Crippen LogP contribution in [0.15, 0.2) is 18.2 Å². The lowest BCUT2D eigenvalue weighted by Crippen LogP contribution is -2.34. The average molecular weight is 367 g/mol. The number of halogens is 1. The molecular formula is C20H27ClO4. The summed E-state index contributed by atoms with van der Waals surface area (Å²) >= 11 is 6.56. The monoisotopic (exact) mass is 366 g/mol. The fourth-order valence-corrected chi connectivity index (χ4v) is 4.26. The molecule has 5 heteroatoms. The number of hydrogen-bond acceptors (Lipinski definition) is 4. The van der Waals surface area contributed by atoms with Gasteiger partial charge < -0.3 is 14.2 Å². The minimum absolute atomic E-state index is 0.156. The Hall–Kier alpha value is -1.10. The maximum Gasteiger partial charge on any atom is 0.308 e. The van der Waals surface area contributed by atoms with Crippen molar-refractivity contribution in [2.45, 2.75) is 57.7 Å². The quantitative estimate of drug-likeness (QED) is 0.720. The zero-order chi connectivity index (χ0) is 17.9. The Labute approximate surface area is 154 Å². The average Bonchev–Trinajstić information content (AvgIpc) is 3.04. The fraction of sp³-hybridized carbons (Fsp3) is 0.650. The molecule has 1 atom stereocenters. The summed E-state index contributed by atoms with van der Waals surface area (Å²) in [6, 6.07) is 6.21. The molecule has 1 aliphatic carbocycles. The molecule has 0 amide bonds. The highest BCUT2D eigenvalue weighted by Crippen LogP contribution is 2.44. The van der Waals surface area contributed by atoms with Crippen molar-refractivity contribution in [3.05, 3.63) is 34.3 Å². The molecule has 1 aliphatic heterocycles. The van der Waals surface area contributed by atoms with E-state index in [4.69, 9.17) is 25.8 Å². The van der Waals surface area contributed by atoms with E-state index in [1.54, 1.807) is 0 Å². The number of benzene rings is 1. The Bertz CT molecular complexity index is 600. The summed E-state index contributed by atoms with van der Waals surface area (Å²) in [5, 5.41) is 0.794. The van der Waals surface area contributed by atoms with Crippen molar-refractivity contribution in [2.75, 3.05) is 19.8 Å². The van der Waals surface area contributed by atoms with Crippen LogP contribution in [0.25, 0.3) is 0 Å². The second-order valence-electron chi connectivity index (χ2n) is 7.09. The molecule has 1 spiro atoms. The molecule has 0 unspecified atom stereocenters. The Balaban J connectivity index is 1.61. The van der Waals surface area contributed by atoms with Crippen LogP contribution in [0.4, 0.5) is 0 Å². The normalized spacial score (nSPS) is 21.4. The maximum atomic E-state index is 11.8. The van der Waals surface area contributed by atoms with Gasteiger partial charge in [0.05, 0.1) is 25.7 Å². The molecule has 0 radical (unpaired) electrons. The minimum atomic E-state index is -0.335. The van der Waals surface area contributed by atoms with Crippen molar-refractivity contribution in [2.24, 2.45) is 5.92 Å². The second-order valence-corrected chi connectivity index (χ2v) is 7.50. The highest BCUT2D eigenvalue weighted by molar-refractivity contribution is 6.31. The number of carbonyl (C=O) groups excluding carboxylic acids is 1. The van der Waals surface area contributed by atoms with Gasteiger partial charge in [-0.15, -0.1) is 0 Å². The van der Waals surface area contributed by atoms with Gasteiger partial charge in [0.1, 0.15) is 0 Å². The van der Waals surface area contributed by atoms with E-state index in [0.717, 1.165) is 36.3 Å². The third-order valence-corrected chi connectivity index (χ3v) is 5.62. The number of carbonyl (C=O) groups is 1. The summed E-state index contributed by atoms with van der Waals surface area (Å²) in [4.78, 5) is 11.8. The van der Waals surface area contributed by atoms with Crippen LogP contribution in [0.2, 0.25) is 5.02 Å². The van der Waals surface area contributed by atoms with Crippen LogP contribution in [0.3, 0.4) is 0 Å². The van der Waals surface area contributed by atoms with Crippen molar-refractivity contribution >= 4 is 17.6 Å². The fourth-order valence-electron chi connectivity index (χ4n) is 3.90. The van der Waals surface area contributed by atoms with Crippen LogP contribution >= 0.6 is 11.6 Å². The second kappa shape index (κ2) is 8.07. The summed E-state index contributed by atoms with van der Waals surface area (Å²) < 4.78 is 16.7. The SMILES string of the molecule is CCOC(=O)[C@H](C)Cc1ccc(C2CCC3(CC2)OCCO3)c(Cl)c1. The van der Waals surface area contributed by atoms with Crippen LogP contribution in [0.5, 0.6) is 0 Å². The lowest BCUT2D eigenvalue weighted by molar-refractivity contribution is -0.178. The van der Waals surface area contributed by atoms with Crippen molar-refractivity contribution in [3.63, 3.8) is 0 Å². The zero-order valence-corrected chi connectivity index (χ0v) is 15.8. The Morgan fingerprint density at radius 1 is 1.32 bits per heavy atom. The summed E-state index contributed by atoms with van der Waals surface area (Å²) in [6.07, 6.45) is 4.55. The smallest absolute Gasteiger partial charge is 0.308 e. The molecule has 1 saturated heterocycles. The first-order valence-electron chi connectivity index (χ1n) is 9.26. The lowest BCUT2D eigenvalue weighted by Gasteiger charge is -2.35. The highest BCUT2D eigenvalue weighted by Gasteiger charge is 2.40. The van der Waals surface area contributed by atoms with Gasteiger partial charge in [-0.25, -0.2) is 0 Å². The number of esters is 1. The van der Waals surface area contributed by atoms with E-state index >= 15 is 0 Å². The van der Waals surface area contributed by atoms with Gasteiger partial charge in [-0.05, 0) is 49.3 Å². The third-order valence-electron chi connectivity index (χ3n) is 5.30. The van der Waals surface area contributed by atoms with E-state index in [2.05, 4.69) is 12.1 Å². The predicted octanol–water partition coefficient (Wildman–Crippen LogP) is 4.48. The van der Waals surface area contributed by atoms with Crippen LogP contribution in [-0.4, -0.2) is 31.6 Å². The molecule has 2 aliphatic rings. The van der Waals surface area contributed by atoms with Gasteiger partial charge >= 0.3 is 5.97 Å². The first-order valence-corrected chi connectivity index (χ1v) is 9.63. The molecule has 138 valence electrons. The molecule has 0 bridgehead atoms. The molecule has 25 heavy (non-hydrogen) atoms. The molecule has 2 fully saturated rings. The summed E-state index contributed by atoms with van der Waals surface area (Å²) in [7, 11) is 0. The van der Waals surface area contributed by atoms with Gasteiger partial charge in [-0.3, -0.25) is 4.79 Å². The van der Waals surface area contributed by atoms with Gasteiger partial charge in [0.25, 0.3) is 0 Å². The van der Waals surface area contributed by atoms with E-state index < -0.39 is 0 Å². The molecule has 1 aromatic rings. The third kappa shape index (κ3) is 4.36. The lowest BCUT2D eigenvalue weighted by atomic mass is 9.80. The van der Waals surface area contributed by atoms with Crippen molar-refractivity contribution in [1.29, 1.82) is 0 Å². The number of hydrogen-bond donors (Lipinski definition) is 0. The zero-order valence-electron chi connectivity index (χ0n) is 15.1. The van der Waals surface area contributed by atoms with Crippen LogP contribution in [-0.2, 0) is 25.4 Å². The topological polar surface area (TPSA) is 44.8 Å². The number of ether oxygens (including phenoxy) is 3. The molecule has 1 saturated carbocycles. The standard InChI is InChI=1S/C20H27ClO4/c1-3-23-19(22)14(2)12-15-4-5-17(18(21)13-15)16-6-8-20(9-7-16)24-10-11-25-20/h4-5,13-14,16H,3,6-12H2,1-2H3/t14-/m1/s1. The maximum absolute atomic E-state index is 11.8. The highest BCUT2D eigenvalue weighted by atomic mass is 35.5. The first-order chi connectivity index (χ1) is 12.0. The molecular weight excluding hydrogens is 340 g/mol. The Kier molecular flexibility index (Phi) is 6.03. The summed E-state index contributed by atoms with van der Waals surface area (Å²) in [6.45, 7) is 5.55. The van der Waals surface area contributed by atoms with E-state index in [1.165, 1.54) is 5.56 Å². The van der Waals surface area contributed by atoms with Gasteiger partial charge in [0.15, 0.2) is 5.79 Å². The minimum Gasteiger partial charge on any atom is -0.466 e. The van der Waals surface area contributed by atoms with E-state index in [0.29, 0.717) is 32.2 Å². The summed E-state index contributed by atoms with van der Waals surface area (Å²) in [5.74, 6) is -0.204. The van der Waals surface area contributed by atoms with Crippen LogP contribution in [0.1, 0.15) is 56.6 Å². The molecule has 0 aromatic heterocycles. The molecule has 1 aromatic carbocycles. The van der Waals surface area contributed by atoms with Gasteiger partial charge in [-0.2, -0.15) is 0 Å². The van der Waals surface area contributed by atoms with Gasteiger partial charge in [0, 0.05) is 17.9 Å². The van der Waals surface area contributed by atoms with Gasteiger partial charge in [0.2, 0.25) is 0 Å². The Morgan fingerprint density at radius 2 is 2.00 bits per heavy atom. The van der Waals surface area contributed by atoms with E-state index in [-0.39, 0.29) is 17.7 Å². The van der Waals surface area contributed by atoms with Crippen molar-refractivity contribution < 1.29 is 19.0 Å². The van der Waals surface area contributed by atoms with Crippen molar-refractivity contribution in [1.82, 2.24) is 0 Å². The van der Waals surface area contributed by atoms with Crippen LogP contribution < -0.4 is 0 Å². The van der Waals surface area contributed by atoms with Crippen LogP contribution in [0, 0.1) is 5.92 Å². The molecule has 1 heterocycles.